The molecule has 6 heteroatoms. The van der Waals surface area contributed by atoms with Crippen molar-refractivity contribution in [1.82, 2.24) is 14.9 Å². The minimum atomic E-state index is -0.200. The molecule has 2 rings (SSSR count). The standard InChI is InChI=1S/C19H24N4O2/c1-4-10-23(19(25)17-13-20-8-9-21-17)11-7-18(24)22-16-6-5-14(2)15(3)12-16/h5-6,8-9,12-13H,4,7,10-11H2,1-3H3,(H,22,24). The Bertz CT molecular complexity index is 731. The zero-order chi connectivity index (χ0) is 18.2. The molecule has 0 unspecified atom stereocenters. The molecule has 132 valence electrons. The van der Waals surface area contributed by atoms with Crippen LogP contribution < -0.4 is 5.32 Å². The van der Waals surface area contributed by atoms with Crippen LogP contribution >= 0.6 is 0 Å². The van der Waals surface area contributed by atoms with Crippen molar-refractivity contribution in [2.75, 3.05) is 18.4 Å². The summed E-state index contributed by atoms with van der Waals surface area (Å²) in [6.07, 6.45) is 5.51. The number of nitrogens with zero attached hydrogens (tertiary/aromatic N) is 3. The fraction of sp³-hybridized carbons (Fsp3) is 0.368. The van der Waals surface area contributed by atoms with Gasteiger partial charge in [0, 0.05) is 37.6 Å². The van der Waals surface area contributed by atoms with Crippen molar-refractivity contribution in [3.8, 4) is 0 Å². The van der Waals surface area contributed by atoms with Crippen molar-refractivity contribution in [2.24, 2.45) is 0 Å². The van der Waals surface area contributed by atoms with Crippen molar-refractivity contribution < 1.29 is 9.59 Å². The first-order valence-corrected chi connectivity index (χ1v) is 8.43. The maximum absolute atomic E-state index is 12.5. The van der Waals surface area contributed by atoms with Crippen molar-refractivity contribution in [1.29, 1.82) is 0 Å². The van der Waals surface area contributed by atoms with Gasteiger partial charge in [0.1, 0.15) is 5.69 Å². The van der Waals surface area contributed by atoms with E-state index in [-0.39, 0.29) is 18.2 Å². The zero-order valence-corrected chi connectivity index (χ0v) is 15.0. The highest BCUT2D eigenvalue weighted by Crippen LogP contribution is 2.14. The number of hydrogen-bond donors (Lipinski definition) is 1. The molecule has 2 amide bonds. The van der Waals surface area contributed by atoms with E-state index in [9.17, 15) is 9.59 Å². The molecule has 0 aliphatic rings. The third kappa shape index (κ3) is 5.38. The van der Waals surface area contributed by atoms with Crippen LogP contribution in [0.2, 0.25) is 0 Å². The second-order valence-electron chi connectivity index (χ2n) is 5.98. The number of hydrogen-bond acceptors (Lipinski definition) is 4. The molecule has 0 aliphatic carbocycles. The predicted octanol–water partition coefficient (Wildman–Crippen LogP) is 2.97. The van der Waals surface area contributed by atoms with E-state index in [1.165, 1.54) is 24.2 Å². The number of carbonyl (C=O) groups excluding carboxylic acids is 2. The molecule has 1 N–H and O–H groups in total. The van der Waals surface area contributed by atoms with E-state index in [0.717, 1.165) is 17.7 Å². The van der Waals surface area contributed by atoms with E-state index in [1.54, 1.807) is 4.90 Å². The zero-order valence-electron chi connectivity index (χ0n) is 15.0. The Morgan fingerprint density at radius 1 is 1.12 bits per heavy atom. The van der Waals surface area contributed by atoms with E-state index in [4.69, 9.17) is 0 Å². The monoisotopic (exact) mass is 340 g/mol. The molecule has 6 nitrogen and oxygen atoms in total. The normalized spacial score (nSPS) is 10.4. The highest BCUT2D eigenvalue weighted by Gasteiger charge is 2.17. The van der Waals surface area contributed by atoms with Crippen LogP contribution in [0.25, 0.3) is 0 Å². The fourth-order valence-corrected chi connectivity index (χ4v) is 2.44. The van der Waals surface area contributed by atoms with Gasteiger partial charge in [-0.2, -0.15) is 0 Å². The number of nitrogens with one attached hydrogen (secondary N) is 1. The first kappa shape index (κ1) is 18.6. The lowest BCUT2D eigenvalue weighted by Crippen LogP contribution is -2.35. The Labute approximate surface area is 148 Å². The summed E-state index contributed by atoms with van der Waals surface area (Å²) in [6, 6.07) is 5.81. The summed E-state index contributed by atoms with van der Waals surface area (Å²) in [5, 5.41) is 2.88. The summed E-state index contributed by atoms with van der Waals surface area (Å²) < 4.78 is 0. The molecule has 1 aromatic carbocycles. The van der Waals surface area contributed by atoms with E-state index < -0.39 is 0 Å². The summed E-state index contributed by atoms with van der Waals surface area (Å²) in [7, 11) is 0. The van der Waals surface area contributed by atoms with Crippen molar-refractivity contribution in [3.63, 3.8) is 0 Å². The number of aryl methyl sites for hydroxylation is 2. The Kier molecular flexibility index (Phi) is 6.62. The minimum absolute atomic E-state index is 0.115. The average molecular weight is 340 g/mol. The van der Waals surface area contributed by atoms with Crippen LogP contribution in [-0.2, 0) is 4.79 Å². The summed E-state index contributed by atoms with van der Waals surface area (Å²) in [6.45, 7) is 6.95. The average Bonchev–Trinajstić information content (AvgIpc) is 2.62. The maximum atomic E-state index is 12.5. The van der Waals surface area contributed by atoms with Gasteiger partial charge in [0.05, 0.1) is 6.20 Å². The molecule has 2 aromatic rings. The molecule has 1 aromatic heterocycles. The van der Waals surface area contributed by atoms with E-state index in [0.29, 0.717) is 18.8 Å². The van der Waals surface area contributed by atoms with E-state index in [2.05, 4.69) is 15.3 Å². The van der Waals surface area contributed by atoms with Gasteiger partial charge in [0.15, 0.2) is 0 Å². The highest BCUT2D eigenvalue weighted by molar-refractivity contribution is 5.93. The van der Waals surface area contributed by atoms with E-state index in [1.807, 2.05) is 39.0 Å². The number of anilines is 1. The van der Waals surface area contributed by atoms with Gasteiger partial charge in [-0.3, -0.25) is 14.6 Å². The van der Waals surface area contributed by atoms with Crippen LogP contribution in [0.3, 0.4) is 0 Å². The van der Waals surface area contributed by atoms with Crippen LogP contribution in [0.5, 0.6) is 0 Å². The van der Waals surface area contributed by atoms with E-state index >= 15 is 0 Å². The van der Waals surface area contributed by atoms with Gasteiger partial charge < -0.3 is 10.2 Å². The van der Waals surface area contributed by atoms with Crippen molar-refractivity contribution in [3.05, 3.63) is 53.6 Å². The second kappa shape index (κ2) is 8.92. The van der Waals surface area contributed by atoms with Gasteiger partial charge in [-0.05, 0) is 43.5 Å². The molecule has 0 spiro atoms. The Morgan fingerprint density at radius 3 is 2.56 bits per heavy atom. The van der Waals surface area contributed by atoms with Gasteiger partial charge >= 0.3 is 0 Å². The molecule has 0 radical (unpaired) electrons. The lowest BCUT2D eigenvalue weighted by molar-refractivity contribution is -0.116. The third-order valence-electron chi connectivity index (χ3n) is 3.96. The Morgan fingerprint density at radius 2 is 1.92 bits per heavy atom. The van der Waals surface area contributed by atoms with Crippen LogP contribution in [0, 0.1) is 13.8 Å². The Balaban J connectivity index is 1.94. The molecule has 0 saturated carbocycles. The van der Waals surface area contributed by atoms with Crippen LogP contribution in [0.4, 0.5) is 5.69 Å². The van der Waals surface area contributed by atoms with Crippen LogP contribution in [0.1, 0.15) is 41.4 Å². The summed E-state index contributed by atoms with van der Waals surface area (Å²) in [5.74, 6) is -0.315. The SMILES string of the molecule is CCCN(CCC(=O)Nc1ccc(C)c(C)c1)C(=O)c1cnccn1. The largest absolute Gasteiger partial charge is 0.337 e. The predicted molar refractivity (Wildman–Crippen MR) is 97.4 cm³/mol. The molecule has 25 heavy (non-hydrogen) atoms. The van der Waals surface area contributed by atoms with Gasteiger partial charge in [-0.15, -0.1) is 0 Å². The Hall–Kier alpha value is -2.76. The van der Waals surface area contributed by atoms with Gasteiger partial charge in [0.2, 0.25) is 5.91 Å². The lowest BCUT2D eigenvalue weighted by Gasteiger charge is -2.21. The van der Waals surface area contributed by atoms with Gasteiger partial charge in [-0.25, -0.2) is 4.98 Å². The fourth-order valence-electron chi connectivity index (χ4n) is 2.44. The third-order valence-corrected chi connectivity index (χ3v) is 3.96. The first-order valence-electron chi connectivity index (χ1n) is 8.43. The smallest absolute Gasteiger partial charge is 0.274 e. The quantitative estimate of drug-likeness (QED) is 0.841. The van der Waals surface area contributed by atoms with Gasteiger partial charge in [0.25, 0.3) is 5.91 Å². The maximum Gasteiger partial charge on any atom is 0.274 e. The summed E-state index contributed by atoms with van der Waals surface area (Å²) in [4.78, 5) is 34.3. The van der Waals surface area contributed by atoms with Crippen LogP contribution in [-0.4, -0.2) is 39.8 Å². The highest BCUT2D eigenvalue weighted by atomic mass is 16.2. The molecule has 1 heterocycles. The van der Waals surface area contributed by atoms with Crippen molar-refractivity contribution >= 4 is 17.5 Å². The molecule has 0 saturated heterocycles. The van der Waals surface area contributed by atoms with Gasteiger partial charge in [-0.1, -0.05) is 13.0 Å². The molecule has 0 atom stereocenters. The number of benzene rings is 1. The number of amides is 2. The lowest BCUT2D eigenvalue weighted by atomic mass is 10.1. The molecule has 0 aliphatic heterocycles. The number of rotatable bonds is 7. The summed E-state index contributed by atoms with van der Waals surface area (Å²) in [5.41, 5.74) is 3.38. The molecule has 0 fully saturated rings. The minimum Gasteiger partial charge on any atom is -0.337 e. The molecular formula is C19H24N4O2. The first-order chi connectivity index (χ1) is 12.0. The van der Waals surface area contributed by atoms with Crippen molar-refractivity contribution in [2.45, 2.75) is 33.6 Å². The molecule has 0 bridgehead atoms. The summed E-state index contributed by atoms with van der Waals surface area (Å²) >= 11 is 0. The molecular weight excluding hydrogens is 316 g/mol. The number of carbonyl (C=O) groups is 2. The van der Waals surface area contributed by atoms with Crippen LogP contribution in [0.15, 0.2) is 36.8 Å². The second-order valence-corrected chi connectivity index (χ2v) is 5.98. The topological polar surface area (TPSA) is 75.2 Å². The number of aromatic nitrogens is 2.